The molecule has 2 fully saturated rings. The first kappa shape index (κ1) is 41.7. The van der Waals surface area contributed by atoms with E-state index in [4.69, 9.17) is 15.2 Å². The lowest BCUT2D eigenvalue weighted by Crippen LogP contribution is -2.58. The average Bonchev–Trinajstić information content (AvgIpc) is 3.51. The molecule has 2 unspecified atom stereocenters. The number of nitrogens with two attached hydrogens (primary N) is 1. The number of ether oxygens (including phenoxy) is 2. The summed E-state index contributed by atoms with van der Waals surface area (Å²) in [4.78, 5) is 92.6. The number of primary amides is 1. The van der Waals surface area contributed by atoms with Crippen LogP contribution in [0.4, 0.5) is 4.79 Å². The largest absolute Gasteiger partial charge is 0.497 e. The number of hydrogen-bond acceptors (Lipinski definition) is 10. The second-order valence-electron chi connectivity index (χ2n) is 14.0. The molecule has 1 aliphatic heterocycles. The van der Waals surface area contributed by atoms with Crippen LogP contribution in [-0.2, 0) is 33.5 Å². The number of Topliss-reactive ketones (excluding diaryl/α,β-unsaturated/α-hetero) is 1. The Labute approximate surface area is 304 Å². The molecule has 6 amide bonds. The van der Waals surface area contributed by atoms with Crippen molar-refractivity contribution in [2.45, 2.75) is 109 Å². The van der Waals surface area contributed by atoms with Crippen molar-refractivity contribution >= 4 is 41.4 Å². The number of rotatable bonds is 17. The zero-order chi connectivity index (χ0) is 38.5. The number of nitrogens with zero attached hydrogens (tertiary/aromatic N) is 1. The molecule has 16 nitrogen and oxygen atoms in total. The molecule has 1 saturated carbocycles. The topological polar surface area (TPSA) is 236 Å². The van der Waals surface area contributed by atoms with Gasteiger partial charge in [-0.05, 0) is 61.3 Å². The molecule has 1 aliphatic carbocycles. The molecule has 1 aromatic rings. The molecule has 1 saturated heterocycles. The van der Waals surface area contributed by atoms with Gasteiger partial charge < -0.3 is 46.5 Å². The van der Waals surface area contributed by atoms with E-state index in [-0.39, 0.29) is 37.8 Å². The molecule has 5 atom stereocenters. The molecule has 0 radical (unpaired) electrons. The van der Waals surface area contributed by atoms with Gasteiger partial charge in [-0.3, -0.25) is 28.8 Å². The number of aliphatic hydroxyl groups excluding tert-OH is 1. The zero-order valence-electron chi connectivity index (χ0n) is 30.7. The van der Waals surface area contributed by atoms with Crippen molar-refractivity contribution in [2.24, 2.45) is 17.6 Å². The van der Waals surface area contributed by atoms with E-state index in [1.54, 1.807) is 26.0 Å². The Morgan fingerprint density at radius 2 is 1.69 bits per heavy atom. The fraction of sp³-hybridized carbons (Fsp3) is 0.639. The van der Waals surface area contributed by atoms with E-state index in [0.717, 1.165) is 24.8 Å². The molecule has 2 aliphatic rings. The lowest BCUT2D eigenvalue weighted by atomic mass is 9.83. The Morgan fingerprint density at radius 3 is 2.31 bits per heavy atom. The van der Waals surface area contributed by atoms with Crippen LogP contribution in [0.15, 0.2) is 18.2 Å². The monoisotopic (exact) mass is 730 g/mol. The number of likely N-dealkylation sites (tertiary alicyclic amines) is 1. The molecule has 16 heteroatoms. The quantitative estimate of drug-likeness (QED) is 0.124. The molecule has 0 spiro atoms. The molecule has 1 aromatic carbocycles. The molecule has 3 rings (SSSR count). The third-order valence-corrected chi connectivity index (χ3v) is 9.15. The summed E-state index contributed by atoms with van der Waals surface area (Å²) < 4.78 is 10.5. The average molecular weight is 731 g/mol. The van der Waals surface area contributed by atoms with Gasteiger partial charge in [0.05, 0.1) is 32.4 Å². The summed E-state index contributed by atoms with van der Waals surface area (Å²) in [5.41, 5.74) is 6.64. The zero-order valence-corrected chi connectivity index (χ0v) is 30.7. The second kappa shape index (κ2) is 19.8. The van der Waals surface area contributed by atoms with E-state index in [2.05, 4.69) is 21.3 Å². The van der Waals surface area contributed by atoms with E-state index < -0.39 is 78.2 Å². The third kappa shape index (κ3) is 11.9. The fourth-order valence-corrected chi connectivity index (χ4v) is 6.57. The minimum Gasteiger partial charge on any atom is -0.497 e. The number of aliphatic hydroxyl groups is 1. The number of benzene rings is 1. The van der Waals surface area contributed by atoms with Crippen LogP contribution in [0.3, 0.4) is 0 Å². The van der Waals surface area contributed by atoms with E-state index >= 15 is 0 Å². The van der Waals surface area contributed by atoms with Crippen LogP contribution in [0.5, 0.6) is 5.75 Å². The van der Waals surface area contributed by atoms with Crippen LogP contribution in [0, 0.1) is 18.8 Å². The first-order valence-corrected chi connectivity index (χ1v) is 17.9. The van der Waals surface area contributed by atoms with Gasteiger partial charge in [-0.2, -0.15) is 0 Å². The third-order valence-electron chi connectivity index (χ3n) is 9.15. The Balaban J connectivity index is 1.67. The number of nitrogens with one attached hydrogen (secondary N) is 4. The number of amides is 6. The fourth-order valence-electron chi connectivity index (χ4n) is 6.57. The first-order valence-electron chi connectivity index (χ1n) is 17.9. The predicted molar refractivity (Wildman–Crippen MR) is 188 cm³/mol. The summed E-state index contributed by atoms with van der Waals surface area (Å²) in [5, 5.41) is 20.5. The number of carbonyl (C=O) groups excluding carboxylic acids is 7. The maximum absolute atomic E-state index is 14.0. The van der Waals surface area contributed by atoms with E-state index in [9.17, 15) is 38.7 Å². The van der Waals surface area contributed by atoms with E-state index in [1.807, 2.05) is 13.8 Å². The van der Waals surface area contributed by atoms with E-state index in [0.29, 0.717) is 30.6 Å². The Hall–Kier alpha value is -4.73. The molecule has 288 valence electrons. The minimum absolute atomic E-state index is 0.0697. The number of alkyl carbamates (subject to hydrolysis) is 1. The number of carbonyl (C=O) groups is 7. The van der Waals surface area contributed by atoms with E-state index in [1.165, 1.54) is 18.1 Å². The van der Waals surface area contributed by atoms with Crippen molar-refractivity contribution in [2.75, 3.05) is 26.8 Å². The maximum atomic E-state index is 14.0. The highest BCUT2D eigenvalue weighted by Gasteiger charge is 2.44. The lowest BCUT2D eigenvalue weighted by molar-refractivity contribution is -0.143. The van der Waals surface area contributed by atoms with Crippen LogP contribution < -0.4 is 31.7 Å². The second-order valence-corrected chi connectivity index (χ2v) is 14.0. The predicted octanol–water partition coefficient (Wildman–Crippen LogP) is 0.909. The molecule has 1 heterocycles. The summed E-state index contributed by atoms with van der Waals surface area (Å²) in [7, 11) is 1.45. The van der Waals surface area contributed by atoms with Gasteiger partial charge >= 0.3 is 6.09 Å². The SMILES string of the molecule is CCCC(NC(=O)[C@@H]1C[C@@H](O)CN1C(=O)[C@@H](NC(=O)OCC(C)C)C1CCCCC1)C(=O)C(=O)NCC(=O)NC(C(N)=O)c1cc(C)cc(OC)c1. The van der Waals surface area contributed by atoms with Gasteiger partial charge in [-0.25, -0.2) is 4.79 Å². The smallest absolute Gasteiger partial charge is 0.407 e. The molecule has 52 heavy (non-hydrogen) atoms. The van der Waals surface area contributed by atoms with Gasteiger partial charge in [-0.1, -0.05) is 52.5 Å². The van der Waals surface area contributed by atoms with Crippen molar-refractivity contribution in [3.05, 3.63) is 29.3 Å². The number of methoxy groups -OCH3 is 1. The summed E-state index contributed by atoms with van der Waals surface area (Å²) in [6.45, 7) is 6.61. The summed E-state index contributed by atoms with van der Waals surface area (Å²) >= 11 is 0. The van der Waals surface area contributed by atoms with Gasteiger partial charge in [0.2, 0.25) is 29.4 Å². The van der Waals surface area contributed by atoms with Crippen molar-refractivity contribution < 1.29 is 48.1 Å². The van der Waals surface area contributed by atoms with Crippen LogP contribution in [-0.4, -0.2) is 102 Å². The number of ketones is 1. The lowest BCUT2D eigenvalue weighted by Gasteiger charge is -2.34. The van der Waals surface area contributed by atoms with Crippen molar-refractivity contribution in [3.63, 3.8) is 0 Å². The van der Waals surface area contributed by atoms with Gasteiger partial charge in [0.15, 0.2) is 0 Å². The minimum atomic E-state index is -1.30. The maximum Gasteiger partial charge on any atom is 0.407 e. The standard InChI is InChI=1S/C36H54N6O10/c1-6-10-26(31(45)34(48)38-17-28(44)40-29(32(37)46)23-13-21(4)14-25(15-23)51-5)39-33(47)27-16-24(43)18-42(27)35(49)30(22-11-8-7-9-12-22)41-36(50)52-19-20(2)3/h13-15,20,22,24,26-27,29-30,43H,6-12,16-19H2,1-5H3,(H2,37,46)(H,38,48)(H,39,47)(H,40,44)(H,41,50)/t24-,26?,27+,29?,30+/m1/s1. The normalized spacial score (nSPS) is 19.2. The summed E-state index contributed by atoms with van der Waals surface area (Å²) in [6, 6.07) is 0.213. The Bertz CT molecular complexity index is 1460. The molecule has 7 N–H and O–H groups in total. The molecule has 0 bridgehead atoms. The number of aryl methyl sites for hydroxylation is 1. The summed E-state index contributed by atoms with van der Waals surface area (Å²) in [5.74, 6) is -4.78. The first-order chi connectivity index (χ1) is 24.6. The van der Waals surface area contributed by atoms with Gasteiger partial charge in [0.1, 0.15) is 23.9 Å². The van der Waals surface area contributed by atoms with Crippen LogP contribution in [0.2, 0.25) is 0 Å². The highest BCUT2D eigenvalue weighted by molar-refractivity contribution is 6.38. The van der Waals surface area contributed by atoms with Crippen LogP contribution in [0.1, 0.15) is 89.3 Å². The van der Waals surface area contributed by atoms with Crippen molar-refractivity contribution in [1.82, 2.24) is 26.2 Å². The Morgan fingerprint density at radius 1 is 1.00 bits per heavy atom. The van der Waals surface area contributed by atoms with Crippen molar-refractivity contribution in [3.8, 4) is 5.75 Å². The molecule has 0 aromatic heterocycles. The number of hydrogen-bond donors (Lipinski definition) is 6. The van der Waals surface area contributed by atoms with Crippen molar-refractivity contribution in [1.29, 1.82) is 0 Å². The molecular weight excluding hydrogens is 676 g/mol. The highest BCUT2D eigenvalue weighted by atomic mass is 16.5. The highest BCUT2D eigenvalue weighted by Crippen LogP contribution is 2.30. The molecular formula is C36H54N6O10. The van der Waals surface area contributed by atoms with Gasteiger partial charge in [-0.15, -0.1) is 0 Å². The summed E-state index contributed by atoms with van der Waals surface area (Å²) in [6.07, 6.45) is 2.72. The van der Waals surface area contributed by atoms with Crippen LogP contribution >= 0.6 is 0 Å². The Kier molecular flexibility index (Phi) is 15.8. The van der Waals surface area contributed by atoms with Gasteiger partial charge in [0, 0.05) is 13.0 Å². The number of β-amino-alcohol motifs (C(OH)–C–C–N with tert-alkyl or cyclic N) is 1. The van der Waals surface area contributed by atoms with Crippen LogP contribution in [0.25, 0.3) is 0 Å². The van der Waals surface area contributed by atoms with Gasteiger partial charge in [0.25, 0.3) is 5.91 Å².